The Kier molecular flexibility index (Phi) is 4.16. The molecule has 0 amide bonds. The molecule has 2 N–H and O–H groups in total. The van der Waals surface area contributed by atoms with Crippen LogP contribution in [0.1, 0.15) is 26.2 Å². The fourth-order valence-electron chi connectivity index (χ4n) is 3.05. The van der Waals surface area contributed by atoms with Crippen LogP contribution in [0.2, 0.25) is 0 Å². The van der Waals surface area contributed by atoms with E-state index < -0.39 is 0 Å². The number of likely N-dealkylation sites (tertiary alicyclic amines) is 1. The van der Waals surface area contributed by atoms with Crippen LogP contribution < -0.4 is 5.73 Å². The van der Waals surface area contributed by atoms with Gasteiger partial charge in [0.05, 0.1) is 11.0 Å². The molecule has 20 heavy (non-hydrogen) atoms. The van der Waals surface area contributed by atoms with Gasteiger partial charge in [0.2, 0.25) is 5.95 Å². The monoisotopic (exact) mass is 384 g/mol. The number of benzene rings is 1. The summed E-state index contributed by atoms with van der Waals surface area (Å²) in [6.45, 7) is 5.64. The van der Waals surface area contributed by atoms with Crippen molar-refractivity contribution in [3.05, 3.63) is 21.8 Å². The second-order valence-electron chi connectivity index (χ2n) is 5.66. The molecule has 0 aliphatic carbocycles. The van der Waals surface area contributed by atoms with Gasteiger partial charge in [0.15, 0.2) is 0 Å². The molecule has 0 spiro atoms. The summed E-state index contributed by atoms with van der Waals surface area (Å²) in [7, 11) is 0. The van der Waals surface area contributed by atoms with E-state index in [1.54, 1.807) is 0 Å². The molecular formula is C15H21IN4. The van der Waals surface area contributed by atoms with Gasteiger partial charge in [-0.25, -0.2) is 4.98 Å². The average Bonchev–Trinajstić information content (AvgIpc) is 2.75. The Balaban J connectivity index is 1.84. The highest BCUT2D eigenvalue weighted by Crippen LogP contribution is 2.22. The number of nitrogens with two attached hydrogens (primary N) is 1. The molecule has 1 unspecified atom stereocenters. The van der Waals surface area contributed by atoms with Gasteiger partial charge < -0.3 is 10.3 Å². The molecule has 1 aromatic heterocycles. The Morgan fingerprint density at radius 1 is 1.30 bits per heavy atom. The van der Waals surface area contributed by atoms with Crippen molar-refractivity contribution in [3.8, 4) is 0 Å². The van der Waals surface area contributed by atoms with Gasteiger partial charge in [-0.15, -0.1) is 0 Å². The molecule has 3 rings (SSSR count). The number of nitrogens with zero attached hydrogens (tertiary/aromatic N) is 3. The van der Waals surface area contributed by atoms with E-state index in [4.69, 9.17) is 5.73 Å². The predicted molar refractivity (Wildman–Crippen MR) is 91.7 cm³/mol. The molecule has 0 saturated carbocycles. The van der Waals surface area contributed by atoms with E-state index in [1.165, 1.54) is 35.9 Å². The number of nitrogen functional groups attached to an aromatic ring is 1. The molecule has 1 aromatic carbocycles. The summed E-state index contributed by atoms with van der Waals surface area (Å²) in [5.41, 5.74) is 8.26. The number of hydrogen-bond acceptors (Lipinski definition) is 3. The minimum Gasteiger partial charge on any atom is -0.369 e. The summed E-state index contributed by atoms with van der Waals surface area (Å²) < 4.78 is 3.36. The van der Waals surface area contributed by atoms with Crippen LogP contribution in [-0.2, 0) is 6.54 Å². The summed E-state index contributed by atoms with van der Waals surface area (Å²) in [5, 5.41) is 0. The molecule has 2 aromatic rings. The number of halogens is 1. The fraction of sp³-hybridized carbons (Fsp3) is 0.533. The SMILES string of the molecule is CC(Cn1c(N)nc2cc(I)ccc21)N1CCCCC1. The van der Waals surface area contributed by atoms with E-state index in [9.17, 15) is 0 Å². The highest BCUT2D eigenvalue weighted by molar-refractivity contribution is 14.1. The average molecular weight is 384 g/mol. The zero-order chi connectivity index (χ0) is 14.1. The lowest BCUT2D eigenvalue weighted by atomic mass is 10.1. The predicted octanol–water partition coefficient (Wildman–Crippen LogP) is 3.10. The van der Waals surface area contributed by atoms with Gasteiger partial charge in [-0.2, -0.15) is 0 Å². The highest BCUT2D eigenvalue weighted by Gasteiger charge is 2.19. The van der Waals surface area contributed by atoms with Crippen molar-refractivity contribution < 1.29 is 0 Å². The number of aromatic nitrogens is 2. The van der Waals surface area contributed by atoms with Gasteiger partial charge in [0.25, 0.3) is 0 Å². The fourth-order valence-corrected chi connectivity index (χ4v) is 3.53. The first-order chi connectivity index (χ1) is 9.65. The third-order valence-corrected chi connectivity index (χ3v) is 4.87. The van der Waals surface area contributed by atoms with E-state index in [0.717, 1.165) is 17.6 Å². The maximum Gasteiger partial charge on any atom is 0.201 e. The minimum absolute atomic E-state index is 0.509. The summed E-state index contributed by atoms with van der Waals surface area (Å²) in [5.74, 6) is 0.630. The van der Waals surface area contributed by atoms with Gasteiger partial charge >= 0.3 is 0 Å². The van der Waals surface area contributed by atoms with Crippen LogP contribution in [0.15, 0.2) is 18.2 Å². The first kappa shape index (κ1) is 14.1. The number of anilines is 1. The summed E-state index contributed by atoms with van der Waals surface area (Å²) in [6.07, 6.45) is 4.02. The molecule has 4 nitrogen and oxygen atoms in total. The molecule has 5 heteroatoms. The molecule has 1 atom stereocenters. The Morgan fingerprint density at radius 2 is 2.05 bits per heavy atom. The molecule has 1 aliphatic heterocycles. The maximum absolute atomic E-state index is 6.11. The van der Waals surface area contributed by atoms with Gasteiger partial charge in [-0.1, -0.05) is 6.42 Å². The minimum atomic E-state index is 0.509. The topological polar surface area (TPSA) is 47.1 Å². The van der Waals surface area contributed by atoms with E-state index >= 15 is 0 Å². The lowest BCUT2D eigenvalue weighted by molar-refractivity contribution is 0.161. The molecule has 1 aliphatic rings. The number of fused-ring (bicyclic) bond motifs is 1. The standard InChI is InChI=1S/C15H21IN4/c1-11(19-7-3-2-4-8-19)10-20-14-6-5-12(16)9-13(14)18-15(20)17/h5-6,9,11H,2-4,7-8,10H2,1H3,(H2,17,18). The van der Waals surface area contributed by atoms with E-state index in [1.807, 2.05) is 0 Å². The number of piperidine rings is 1. The van der Waals surface area contributed by atoms with Crippen molar-refractivity contribution in [3.63, 3.8) is 0 Å². The van der Waals surface area contributed by atoms with E-state index in [2.05, 4.69) is 62.2 Å². The number of hydrogen-bond donors (Lipinski definition) is 1. The lowest BCUT2D eigenvalue weighted by Crippen LogP contribution is -2.39. The third-order valence-electron chi connectivity index (χ3n) is 4.20. The van der Waals surface area contributed by atoms with Crippen molar-refractivity contribution in [2.75, 3.05) is 18.8 Å². The second-order valence-corrected chi connectivity index (χ2v) is 6.90. The van der Waals surface area contributed by atoms with Crippen LogP contribution >= 0.6 is 22.6 Å². The summed E-state index contributed by atoms with van der Waals surface area (Å²) >= 11 is 2.31. The zero-order valence-corrected chi connectivity index (χ0v) is 14.0. The van der Waals surface area contributed by atoms with Crippen molar-refractivity contribution in [1.82, 2.24) is 14.5 Å². The smallest absolute Gasteiger partial charge is 0.201 e. The van der Waals surface area contributed by atoms with Crippen LogP contribution in [0.3, 0.4) is 0 Å². The molecule has 0 radical (unpaired) electrons. The van der Waals surface area contributed by atoms with Gasteiger partial charge in [0, 0.05) is 16.2 Å². The number of imidazole rings is 1. The second kappa shape index (κ2) is 5.89. The van der Waals surface area contributed by atoms with Crippen LogP contribution in [0.4, 0.5) is 5.95 Å². The van der Waals surface area contributed by atoms with Crippen molar-refractivity contribution in [2.24, 2.45) is 0 Å². The van der Waals surface area contributed by atoms with E-state index in [-0.39, 0.29) is 0 Å². The Morgan fingerprint density at radius 3 is 2.80 bits per heavy atom. The van der Waals surface area contributed by atoms with Crippen LogP contribution in [0, 0.1) is 3.57 Å². The summed E-state index contributed by atoms with van der Waals surface area (Å²) in [6, 6.07) is 6.85. The summed E-state index contributed by atoms with van der Waals surface area (Å²) in [4.78, 5) is 7.06. The normalized spacial score (nSPS) is 18.5. The Hall–Kier alpha value is -0.820. The molecule has 108 valence electrons. The maximum atomic E-state index is 6.11. The molecular weight excluding hydrogens is 363 g/mol. The van der Waals surface area contributed by atoms with Crippen molar-refractivity contribution in [2.45, 2.75) is 38.8 Å². The highest BCUT2D eigenvalue weighted by atomic mass is 127. The number of rotatable bonds is 3. The van der Waals surface area contributed by atoms with Crippen LogP contribution in [0.5, 0.6) is 0 Å². The molecule has 1 saturated heterocycles. The first-order valence-corrected chi connectivity index (χ1v) is 8.38. The Bertz CT molecular complexity index is 601. The van der Waals surface area contributed by atoms with E-state index in [0.29, 0.717) is 12.0 Å². The van der Waals surface area contributed by atoms with Crippen LogP contribution in [0.25, 0.3) is 11.0 Å². The first-order valence-electron chi connectivity index (χ1n) is 7.30. The Labute approximate surface area is 133 Å². The quantitative estimate of drug-likeness (QED) is 0.828. The molecule has 1 fully saturated rings. The van der Waals surface area contributed by atoms with Gasteiger partial charge in [-0.3, -0.25) is 4.90 Å². The zero-order valence-electron chi connectivity index (χ0n) is 11.8. The van der Waals surface area contributed by atoms with Crippen molar-refractivity contribution in [1.29, 1.82) is 0 Å². The van der Waals surface area contributed by atoms with Crippen LogP contribution in [-0.4, -0.2) is 33.6 Å². The van der Waals surface area contributed by atoms with Gasteiger partial charge in [-0.05, 0) is 73.6 Å². The third kappa shape index (κ3) is 2.79. The van der Waals surface area contributed by atoms with Crippen molar-refractivity contribution >= 4 is 39.6 Å². The lowest BCUT2D eigenvalue weighted by Gasteiger charge is -2.32. The molecule has 2 heterocycles. The molecule has 0 bridgehead atoms. The van der Waals surface area contributed by atoms with Gasteiger partial charge in [0.1, 0.15) is 0 Å². The largest absolute Gasteiger partial charge is 0.369 e.